The lowest BCUT2D eigenvalue weighted by atomic mass is 10.0. The summed E-state index contributed by atoms with van der Waals surface area (Å²) in [5.41, 5.74) is 6.78. The summed E-state index contributed by atoms with van der Waals surface area (Å²) in [6.07, 6.45) is -4.22. The molecule has 0 saturated heterocycles. The molecule has 0 aliphatic rings. The van der Waals surface area contributed by atoms with Crippen molar-refractivity contribution in [3.05, 3.63) is 29.8 Å². The van der Waals surface area contributed by atoms with E-state index in [0.717, 1.165) is 5.56 Å². The highest BCUT2D eigenvalue weighted by Gasteiger charge is 2.32. The first-order valence-corrected chi connectivity index (χ1v) is 5.91. The maximum Gasteiger partial charge on any atom is 0.401 e. The summed E-state index contributed by atoms with van der Waals surface area (Å²) in [7, 11) is 2.97. The van der Waals surface area contributed by atoms with Crippen molar-refractivity contribution in [2.75, 3.05) is 20.7 Å². The minimum atomic E-state index is -4.22. The smallest absolute Gasteiger partial charge is 0.401 e. The van der Waals surface area contributed by atoms with Crippen molar-refractivity contribution in [2.24, 2.45) is 5.73 Å². The molecule has 108 valence electrons. The molecule has 0 heterocycles. The van der Waals surface area contributed by atoms with Gasteiger partial charge in [-0.15, -0.1) is 0 Å². The Morgan fingerprint density at radius 1 is 1.26 bits per heavy atom. The fourth-order valence-electron chi connectivity index (χ4n) is 1.81. The molecule has 0 radical (unpaired) electrons. The van der Waals surface area contributed by atoms with Crippen LogP contribution in [0.1, 0.15) is 18.5 Å². The van der Waals surface area contributed by atoms with Gasteiger partial charge in [0.25, 0.3) is 0 Å². The third-order valence-electron chi connectivity index (χ3n) is 3.14. The van der Waals surface area contributed by atoms with Crippen LogP contribution in [0.2, 0.25) is 0 Å². The highest BCUT2D eigenvalue weighted by Crippen LogP contribution is 2.23. The minimum absolute atomic E-state index is 0.421. The molecule has 2 N–H and O–H groups in total. The molecule has 0 aliphatic carbocycles. The lowest BCUT2D eigenvalue weighted by molar-refractivity contribution is -0.147. The lowest BCUT2D eigenvalue weighted by Crippen LogP contribution is -2.43. The Kier molecular flexibility index (Phi) is 5.20. The van der Waals surface area contributed by atoms with Crippen LogP contribution in [0.4, 0.5) is 13.2 Å². The Hall–Kier alpha value is -1.27. The molecule has 0 spiro atoms. The Bertz CT molecular complexity index is 392. The van der Waals surface area contributed by atoms with Crippen molar-refractivity contribution in [2.45, 2.75) is 25.2 Å². The van der Waals surface area contributed by atoms with Crippen LogP contribution in [0.3, 0.4) is 0 Å². The number of nitrogens with zero attached hydrogens (tertiary/aromatic N) is 1. The van der Waals surface area contributed by atoms with Crippen molar-refractivity contribution in [3.8, 4) is 5.75 Å². The summed E-state index contributed by atoms with van der Waals surface area (Å²) in [4.78, 5) is 1.20. The molecule has 0 aliphatic heterocycles. The van der Waals surface area contributed by atoms with Crippen molar-refractivity contribution in [1.82, 2.24) is 4.90 Å². The molecule has 0 aromatic heterocycles. The lowest BCUT2D eigenvalue weighted by Gasteiger charge is -2.30. The van der Waals surface area contributed by atoms with Gasteiger partial charge in [0.2, 0.25) is 0 Å². The van der Waals surface area contributed by atoms with Crippen LogP contribution in [-0.2, 0) is 0 Å². The van der Waals surface area contributed by atoms with Crippen LogP contribution in [0, 0.1) is 0 Å². The topological polar surface area (TPSA) is 38.5 Å². The number of ether oxygens (including phenoxy) is 1. The van der Waals surface area contributed by atoms with Gasteiger partial charge in [0.05, 0.1) is 13.7 Å². The van der Waals surface area contributed by atoms with E-state index in [1.807, 2.05) is 0 Å². The van der Waals surface area contributed by atoms with E-state index in [4.69, 9.17) is 10.5 Å². The Labute approximate surface area is 111 Å². The first-order chi connectivity index (χ1) is 8.74. The van der Waals surface area contributed by atoms with Crippen molar-refractivity contribution in [1.29, 1.82) is 0 Å². The number of rotatable bonds is 5. The fourth-order valence-corrected chi connectivity index (χ4v) is 1.81. The molecular formula is C13H19F3N2O. The molecule has 0 bridgehead atoms. The van der Waals surface area contributed by atoms with Gasteiger partial charge in [-0.25, -0.2) is 0 Å². The zero-order chi connectivity index (χ0) is 14.6. The third-order valence-corrected chi connectivity index (χ3v) is 3.14. The predicted molar refractivity (Wildman–Crippen MR) is 68.1 cm³/mol. The number of likely N-dealkylation sites (N-methyl/N-ethyl adjacent to an activating group) is 1. The van der Waals surface area contributed by atoms with E-state index in [-0.39, 0.29) is 0 Å². The molecule has 19 heavy (non-hydrogen) atoms. The van der Waals surface area contributed by atoms with Crippen LogP contribution in [-0.4, -0.2) is 37.8 Å². The molecule has 1 rings (SSSR count). The molecule has 2 atom stereocenters. The Morgan fingerprint density at radius 2 is 1.79 bits per heavy atom. The summed E-state index contributed by atoms with van der Waals surface area (Å²) in [6.45, 7) is 0.707. The Morgan fingerprint density at radius 3 is 2.21 bits per heavy atom. The largest absolute Gasteiger partial charge is 0.497 e. The van der Waals surface area contributed by atoms with Crippen LogP contribution < -0.4 is 10.5 Å². The van der Waals surface area contributed by atoms with Gasteiger partial charge in [0, 0.05) is 12.1 Å². The van der Waals surface area contributed by atoms with Crippen LogP contribution in [0.25, 0.3) is 0 Å². The summed E-state index contributed by atoms with van der Waals surface area (Å²) >= 11 is 0. The van der Waals surface area contributed by atoms with Gasteiger partial charge < -0.3 is 10.5 Å². The Balaban J connectivity index is 2.72. The highest BCUT2D eigenvalue weighted by molar-refractivity contribution is 5.29. The number of nitrogens with two attached hydrogens (primary N) is 1. The summed E-state index contributed by atoms with van der Waals surface area (Å²) in [5, 5.41) is 0. The van der Waals surface area contributed by atoms with E-state index in [1.165, 1.54) is 11.9 Å². The van der Waals surface area contributed by atoms with Crippen LogP contribution in [0.5, 0.6) is 5.75 Å². The minimum Gasteiger partial charge on any atom is -0.497 e. The highest BCUT2D eigenvalue weighted by atomic mass is 19.4. The number of methoxy groups -OCH3 is 1. The standard InChI is InChI=1S/C13H19F3N2O/c1-9(18(2)8-13(14,15)16)12(17)10-4-6-11(19-3)7-5-10/h4-7,9,12H,8,17H2,1-3H3. The molecule has 1 aromatic rings. The van der Waals surface area contributed by atoms with E-state index >= 15 is 0 Å². The zero-order valence-corrected chi connectivity index (χ0v) is 11.2. The van der Waals surface area contributed by atoms with E-state index in [0.29, 0.717) is 5.75 Å². The normalized spacial score (nSPS) is 15.4. The molecule has 6 heteroatoms. The van der Waals surface area contributed by atoms with E-state index < -0.39 is 24.8 Å². The average Bonchev–Trinajstić information content (AvgIpc) is 2.35. The van der Waals surface area contributed by atoms with Crippen molar-refractivity contribution < 1.29 is 17.9 Å². The number of alkyl halides is 3. The molecule has 0 amide bonds. The number of benzene rings is 1. The third kappa shape index (κ3) is 4.72. The van der Waals surface area contributed by atoms with E-state index in [1.54, 1.807) is 38.3 Å². The van der Waals surface area contributed by atoms with Crippen LogP contribution >= 0.6 is 0 Å². The second-order valence-corrected chi connectivity index (χ2v) is 4.57. The summed E-state index contributed by atoms with van der Waals surface area (Å²) < 4.78 is 42.0. The average molecular weight is 276 g/mol. The van der Waals surface area contributed by atoms with Crippen molar-refractivity contribution >= 4 is 0 Å². The van der Waals surface area contributed by atoms with E-state index in [2.05, 4.69) is 0 Å². The first-order valence-electron chi connectivity index (χ1n) is 5.91. The summed E-state index contributed by atoms with van der Waals surface area (Å²) in [5.74, 6) is 0.687. The SMILES string of the molecule is COc1ccc(C(N)C(C)N(C)CC(F)(F)F)cc1. The summed E-state index contributed by atoms with van der Waals surface area (Å²) in [6, 6.07) is 6.11. The molecule has 0 saturated carbocycles. The maximum absolute atomic E-state index is 12.3. The molecule has 3 nitrogen and oxygen atoms in total. The quantitative estimate of drug-likeness (QED) is 0.898. The fraction of sp³-hybridized carbons (Fsp3) is 0.538. The molecular weight excluding hydrogens is 257 g/mol. The zero-order valence-electron chi connectivity index (χ0n) is 11.2. The van der Waals surface area contributed by atoms with Gasteiger partial charge in [-0.3, -0.25) is 4.90 Å². The van der Waals surface area contributed by atoms with Crippen LogP contribution in [0.15, 0.2) is 24.3 Å². The monoisotopic (exact) mass is 276 g/mol. The van der Waals surface area contributed by atoms with Gasteiger partial charge in [0.15, 0.2) is 0 Å². The molecule has 0 fully saturated rings. The van der Waals surface area contributed by atoms with Crippen molar-refractivity contribution in [3.63, 3.8) is 0 Å². The molecule has 2 unspecified atom stereocenters. The molecule has 1 aromatic carbocycles. The van der Waals surface area contributed by atoms with Gasteiger partial charge in [-0.2, -0.15) is 13.2 Å². The first kappa shape index (κ1) is 15.8. The van der Waals surface area contributed by atoms with Gasteiger partial charge in [0.1, 0.15) is 5.75 Å². The number of halogens is 3. The van der Waals surface area contributed by atoms with Gasteiger partial charge in [-0.05, 0) is 31.7 Å². The second-order valence-electron chi connectivity index (χ2n) is 4.57. The van der Waals surface area contributed by atoms with Gasteiger partial charge in [-0.1, -0.05) is 12.1 Å². The number of hydrogen-bond acceptors (Lipinski definition) is 3. The predicted octanol–water partition coefficient (Wildman–Crippen LogP) is 2.58. The van der Waals surface area contributed by atoms with E-state index in [9.17, 15) is 13.2 Å². The van der Waals surface area contributed by atoms with Gasteiger partial charge >= 0.3 is 6.18 Å². The second kappa shape index (κ2) is 6.25. The maximum atomic E-state index is 12.3. The number of hydrogen-bond donors (Lipinski definition) is 1.